The maximum Gasteiger partial charge on any atom is 0.133 e. The summed E-state index contributed by atoms with van der Waals surface area (Å²) in [6.45, 7) is 3.21. The van der Waals surface area contributed by atoms with Crippen molar-refractivity contribution in [3.05, 3.63) is 51.3 Å². The topological polar surface area (TPSA) is 29.9 Å². The average Bonchev–Trinajstić information content (AvgIpc) is 3.10. The van der Waals surface area contributed by atoms with E-state index in [4.69, 9.17) is 5.10 Å². The lowest BCUT2D eigenvalue weighted by Crippen LogP contribution is -2.08. The van der Waals surface area contributed by atoms with Crippen LogP contribution in [0.1, 0.15) is 30.9 Å². The molecule has 4 rings (SSSR count). The Morgan fingerprint density at radius 1 is 1.21 bits per heavy atom. The smallest absolute Gasteiger partial charge is 0.133 e. The van der Waals surface area contributed by atoms with Crippen LogP contribution in [-0.4, -0.2) is 16.3 Å². The molecule has 0 unspecified atom stereocenters. The van der Waals surface area contributed by atoms with E-state index in [1.54, 1.807) is 11.3 Å². The third-order valence-corrected chi connectivity index (χ3v) is 6.17. The Bertz CT molecular complexity index is 865. The monoisotopic (exact) mass is 401 g/mol. The van der Waals surface area contributed by atoms with Gasteiger partial charge < -0.3 is 5.32 Å². The minimum Gasteiger partial charge on any atom is -0.370 e. The van der Waals surface area contributed by atoms with E-state index in [0.29, 0.717) is 0 Å². The number of hydrogen-bond acceptors (Lipinski definition) is 3. The Hall–Kier alpha value is -1.59. The second-order valence-corrected chi connectivity index (χ2v) is 8.52. The van der Waals surface area contributed by atoms with Crippen LogP contribution in [0.15, 0.2) is 40.2 Å². The molecule has 0 saturated heterocycles. The van der Waals surface area contributed by atoms with Crippen LogP contribution in [-0.2, 0) is 12.8 Å². The van der Waals surface area contributed by atoms with Crippen LogP contribution in [0, 0.1) is 0 Å². The lowest BCUT2D eigenvalue weighted by molar-refractivity contribution is 0.779. The average molecular weight is 402 g/mol. The van der Waals surface area contributed by atoms with E-state index in [2.05, 4.69) is 69.3 Å². The number of nitrogens with one attached hydrogen (secondary N) is 1. The molecule has 0 amide bonds. The number of aryl methyl sites for hydroxylation is 1. The summed E-state index contributed by atoms with van der Waals surface area (Å²) in [6, 6.07) is 12.8. The molecular weight excluding hydrogens is 382 g/mol. The van der Waals surface area contributed by atoms with Gasteiger partial charge in [0.25, 0.3) is 0 Å². The quantitative estimate of drug-likeness (QED) is 0.611. The zero-order valence-corrected chi connectivity index (χ0v) is 16.1. The van der Waals surface area contributed by atoms with Gasteiger partial charge in [-0.05, 0) is 65.4 Å². The fraction of sp³-hybridized carbons (Fsp3) is 0.316. The lowest BCUT2D eigenvalue weighted by Gasteiger charge is -2.12. The highest BCUT2D eigenvalue weighted by molar-refractivity contribution is 9.11. The maximum absolute atomic E-state index is 5.04. The molecule has 0 aliphatic carbocycles. The molecule has 0 saturated carbocycles. The van der Waals surface area contributed by atoms with E-state index >= 15 is 0 Å². The molecule has 3 aromatic rings. The molecular formula is C19H20BrN3S. The second-order valence-electron chi connectivity index (χ2n) is 6.06. The van der Waals surface area contributed by atoms with Gasteiger partial charge in [0, 0.05) is 12.1 Å². The highest BCUT2D eigenvalue weighted by atomic mass is 79.9. The van der Waals surface area contributed by atoms with Crippen LogP contribution in [0.4, 0.5) is 5.82 Å². The van der Waals surface area contributed by atoms with Crippen molar-refractivity contribution in [2.75, 3.05) is 11.9 Å². The first-order valence-electron chi connectivity index (χ1n) is 8.47. The third-order valence-electron chi connectivity index (χ3n) is 4.54. The normalized spacial score (nSPS) is 14.1. The Labute approximate surface area is 154 Å². The van der Waals surface area contributed by atoms with Crippen molar-refractivity contribution in [3.63, 3.8) is 0 Å². The summed E-state index contributed by atoms with van der Waals surface area (Å²) in [7, 11) is 0. The molecule has 1 aromatic carbocycles. The number of aromatic nitrogens is 2. The Morgan fingerprint density at radius 2 is 2.08 bits per heavy atom. The van der Waals surface area contributed by atoms with Gasteiger partial charge in [0.2, 0.25) is 0 Å². The number of hydrogen-bond donors (Lipinski definition) is 1. The fourth-order valence-corrected chi connectivity index (χ4v) is 4.73. The standard InChI is InChI=1S/C19H20BrN3S/c1-2-13-7-3-4-9-15(13)23-19-14(8-5-6-12-21-19)18(22-23)16-10-11-17(20)24-16/h3-4,7,9-11,21H,2,5-6,8,12H2,1H3. The van der Waals surface area contributed by atoms with E-state index in [0.717, 1.165) is 28.9 Å². The Morgan fingerprint density at radius 3 is 2.88 bits per heavy atom. The van der Waals surface area contributed by atoms with Crippen molar-refractivity contribution < 1.29 is 0 Å². The van der Waals surface area contributed by atoms with Crippen molar-refractivity contribution >= 4 is 33.1 Å². The van der Waals surface area contributed by atoms with Gasteiger partial charge in [-0.15, -0.1) is 11.3 Å². The second kappa shape index (κ2) is 6.73. The molecule has 5 heteroatoms. The molecule has 1 N–H and O–H groups in total. The van der Waals surface area contributed by atoms with E-state index in [-0.39, 0.29) is 0 Å². The van der Waals surface area contributed by atoms with Crippen LogP contribution in [0.5, 0.6) is 0 Å². The van der Waals surface area contributed by atoms with Crippen molar-refractivity contribution in [1.29, 1.82) is 0 Å². The van der Waals surface area contributed by atoms with Gasteiger partial charge in [-0.1, -0.05) is 25.1 Å². The number of halogens is 1. The zero-order chi connectivity index (χ0) is 16.5. The molecule has 0 bridgehead atoms. The Kier molecular flexibility index (Phi) is 4.46. The molecule has 0 fully saturated rings. The molecule has 1 aliphatic rings. The number of para-hydroxylation sites is 1. The van der Waals surface area contributed by atoms with Crippen LogP contribution < -0.4 is 5.32 Å². The molecule has 0 atom stereocenters. The number of benzene rings is 1. The predicted octanol–water partition coefficient (Wildman–Crippen LogP) is 5.67. The van der Waals surface area contributed by atoms with E-state index < -0.39 is 0 Å². The van der Waals surface area contributed by atoms with Crippen molar-refractivity contribution in [3.8, 4) is 16.3 Å². The number of nitrogens with zero attached hydrogens (tertiary/aromatic N) is 2. The van der Waals surface area contributed by atoms with E-state index in [1.807, 2.05) is 0 Å². The molecule has 3 heterocycles. The summed E-state index contributed by atoms with van der Waals surface area (Å²) < 4.78 is 3.28. The molecule has 0 spiro atoms. The number of anilines is 1. The van der Waals surface area contributed by atoms with E-state index in [9.17, 15) is 0 Å². The number of rotatable bonds is 3. The third kappa shape index (κ3) is 2.80. The van der Waals surface area contributed by atoms with Crippen molar-refractivity contribution in [2.24, 2.45) is 0 Å². The van der Waals surface area contributed by atoms with Crippen molar-refractivity contribution in [2.45, 2.75) is 32.6 Å². The van der Waals surface area contributed by atoms with Crippen molar-refractivity contribution in [1.82, 2.24) is 9.78 Å². The predicted molar refractivity (Wildman–Crippen MR) is 105 cm³/mol. The molecule has 3 nitrogen and oxygen atoms in total. The van der Waals surface area contributed by atoms with Crippen LogP contribution in [0.3, 0.4) is 0 Å². The summed E-state index contributed by atoms with van der Waals surface area (Å²) in [4.78, 5) is 1.23. The number of fused-ring (bicyclic) bond motifs is 1. The molecule has 24 heavy (non-hydrogen) atoms. The molecule has 1 aliphatic heterocycles. The van der Waals surface area contributed by atoms with Gasteiger partial charge in [0.1, 0.15) is 11.5 Å². The summed E-state index contributed by atoms with van der Waals surface area (Å²) in [5.41, 5.74) is 4.99. The minimum absolute atomic E-state index is 1.00. The molecule has 2 aromatic heterocycles. The zero-order valence-electron chi connectivity index (χ0n) is 13.7. The minimum atomic E-state index is 1.00. The van der Waals surface area contributed by atoms with Gasteiger partial charge in [-0.2, -0.15) is 5.10 Å². The van der Waals surface area contributed by atoms with Crippen LogP contribution in [0.2, 0.25) is 0 Å². The first-order chi connectivity index (χ1) is 11.8. The van der Waals surface area contributed by atoms with Crippen LogP contribution >= 0.6 is 27.3 Å². The fourth-order valence-electron chi connectivity index (χ4n) is 3.33. The van der Waals surface area contributed by atoms with Gasteiger partial charge in [-0.25, -0.2) is 4.68 Å². The van der Waals surface area contributed by atoms with Crippen LogP contribution in [0.25, 0.3) is 16.3 Å². The van der Waals surface area contributed by atoms with Gasteiger partial charge in [-0.3, -0.25) is 0 Å². The molecule has 124 valence electrons. The highest BCUT2D eigenvalue weighted by Crippen LogP contribution is 2.38. The van der Waals surface area contributed by atoms with Gasteiger partial charge >= 0.3 is 0 Å². The summed E-state index contributed by atoms with van der Waals surface area (Å²) in [5.74, 6) is 1.17. The maximum atomic E-state index is 5.04. The first kappa shape index (κ1) is 15.9. The highest BCUT2D eigenvalue weighted by Gasteiger charge is 2.23. The van der Waals surface area contributed by atoms with Gasteiger partial charge in [0.05, 0.1) is 14.4 Å². The lowest BCUT2D eigenvalue weighted by atomic mass is 10.1. The van der Waals surface area contributed by atoms with E-state index in [1.165, 1.54) is 40.4 Å². The van der Waals surface area contributed by atoms with Gasteiger partial charge in [0.15, 0.2) is 0 Å². The summed E-state index contributed by atoms with van der Waals surface area (Å²) >= 11 is 5.34. The first-order valence-corrected chi connectivity index (χ1v) is 10.1. The Balaban J connectivity index is 1.93. The summed E-state index contributed by atoms with van der Waals surface area (Å²) in [6.07, 6.45) is 4.50. The largest absolute Gasteiger partial charge is 0.370 e. The number of thiophene rings is 1. The SMILES string of the molecule is CCc1ccccc1-n1nc(-c2ccc(Br)s2)c2c1NCCCC2. The summed E-state index contributed by atoms with van der Waals surface area (Å²) in [5, 5.41) is 8.67. The molecule has 0 radical (unpaired) electrons.